The van der Waals surface area contributed by atoms with Crippen molar-refractivity contribution in [2.24, 2.45) is 0 Å². The quantitative estimate of drug-likeness (QED) is 0.560. The van der Waals surface area contributed by atoms with Crippen LogP contribution in [0, 0.1) is 0 Å². The zero-order valence-electron chi connectivity index (χ0n) is 18.1. The SMILES string of the molecule is CCCOc1ccc(C(C)NC(=O)COc2ccc(C(C)=O)cc2OC)cc1OC. The average molecular weight is 415 g/mol. The summed E-state index contributed by atoms with van der Waals surface area (Å²) in [5.74, 6) is 1.72. The summed E-state index contributed by atoms with van der Waals surface area (Å²) < 4.78 is 21.9. The molecular weight excluding hydrogens is 386 g/mol. The van der Waals surface area contributed by atoms with Crippen molar-refractivity contribution in [3.63, 3.8) is 0 Å². The number of hydrogen-bond donors (Lipinski definition) is 1. The summed E-state index contributed by atoms with van der Waals surface area (Å²) in [5.41, 5.74) is 1.39. The molecule has 2 aromatic rings. The van der Waals surface area contributed by atoms with E-state index < -0.39 is 0 Å². The van der Waals surface area contributed by atoms with Gasteiger partial charge in [-0.15, -0.1) is 0 Å². The van der Waals surface area contributed by atoms with E-state index in [1.54, 1.807) is 25.3 Å². The lowest BCUT2D eigenvalue weighted by Gasteiger charge is -2.18. The van der Waals surface area contributed by atoms with Crippen LogP contribution >= 0.6 is 0 Å². The van der Waals surface area contributed by atoms with Crippen molar-refractivity contribution in [2.45, 2.75) is 33.2 Å². The van der Waals surface area contributed by atoms with Crippen molar-refractivity contribution in [2.75, 3.05) is 27.4 Å². The molecule has 0 saturated carbocycles. The van der Waals surface area contributed by atoms with Gasteiger partial charge in [-0.05, 0) is 56.2 Å². The van der Waals surface area contributed by atoms with E-state index in [9.17, 15) is 9.59 Å². The molecule has 2 aromatic carbocycles. The second-order valence-corrected chi connectivity index (χ2v) is 6.76. The average Bonchev–Trinajstić information content (AvgIpc) is 2.75. The lowest BCUT2D eigenvalue weighted by molar-refractivity contribution is -0.123. The van der Waals surface area contributed by atoms with Gasteiger partial charge in [0, 0.05) is 5.56 Å². The first-order valence-corrected chi connectivity index (χ1v) is 9.81. The topological polar surface area (TPSA) is 83.1 Å². The summed E-state index contributed by atoms with van der Waals surface area (Å²) in [6.45, 7) is 5.81. The molecule has 1 N–H and O–H groups in total. The molecule has 0 aliphatic rings. The Hall–Kier alpha value is -3.22. The van der Waals surface area contributed by atoms with E-state index in [0.717, 1.165) is 12.0 Å². The number of nitrogens with one attached hydrogen (secondary N) is 1. The van der Waals surface area contributed by atoms with Crippen LogP contribution in [0.3, 0.4) is 0 Å². The van der Waals surface area contributed by atoms with Crippen molar-refractivity contribution in [3.8, 4) is 23.0 Å². The van der Waals surface area contributed by atoms with Gasteiger partial charge in [0.15, 0.2) is 35.4 Å². The summed E-state index contributed by atoms with van der Waals surface area (Å²) >= 11 is 0. The standard InChI is InChI=1S/C23H29NO6/c1-6-11-29-19-9-7-17(12-21(19)27-4)15(2)24-23(26)14-30-20-10-8-18(16(3)25)13-22(20)28-5/h7-10,12-13,15H,6,11,14H2,1-5H3,(H,24,26). The highest BCUT2D eigenvalue weighted by atomic mass is 16.5. The van der Waals surface area contributed by atoms with Crippen LogP contribution in [0.1, 0.15) is 49.2 Å². The zero-order valence-corrected chi connectivity index (χ0v) is 18.1. The molecule has 0 radical (unpaired) electrons. The van der Waals surface area contributed by atoms with E-state index in [1.807, 2.05) is 32.0 Å². The number of carbonyl (C=O) groups excluding carboxylic acids is 2. The van der Waals surface area contributed by atoms with Crippen LogP contribution in [-0.4, -0.2) is 39.1 Å². The highest BCUT2D eigenvalue weighted by molar-refractivity contribution is 5.94. The largest absolute Gasteiger partial charge is 0.493 e. The van der Waals surface area contributed by atoms with Crippen LogP contribution in [0.5, 0.6) is 23.0 Å². The maximum Gasteiger partial charge on any atom is 0.258 e. The summed E-state index contributed by atoms with van der Waals surface area (Å²) in [6, 6.07) is 10.2. The Kier molecular flexibility index (Phi) is 8.53. The Morgan fingerprint density at radius 1 is 0.933 bits per heavy atom. The first-order valence-electron chi connectivity index (χ1n) is 9.81. The molecule has 7 nitrogen and oxygen atoms in total. The monoisotopic (exact) mass is 415 g/mol. The van der Waals surface area contributed by atoms with Crippen molar-refractivity contribution in [1.29, 1.82) is 0 Å². The Labute approximate surface area is 177 Å². The van der Waals surface area contributed by atoms with E-state index in [1.165, 1.54) is 14.0 Å². The first kappa shape index (κ1) is 23.1. The van der Waals surface area contributed by atoms with E-state index in [2.05, 4.69) is 5.32 Å². The molecule has 0 bridgehead atoms. The van der Waals surface area contributed by atoms with Gasteiger partial charge < -0.3 is 24.3 Å². The third-order valence-electron chi connectivity index (χ3n) is 4.46. The van der Waals surface area contributed by atoms with Crippen LogP contribution in [0.4, 0.5) is 0 Å². The fourth-order valence-electron chi connectivity index (χ4n) is 2.80. The molecule has 1 unspecified atom stereocenters. The maximum atomic E-state index is 12.4. The molecule has 162 valence electrons. The molecule has 1 amide bonds. The molecule has 0 aliphatic heterocycles. The van der Waals surface area contributed by atoms with Gasteiger partial charge in [0.25, 0.3) is 5.91 Å². The highest BCUT2D eigenvalue weighted by Gasteiger charge is 2.15. The third kappa shape index (κ3) is 6.14. The summed E-state index contributed by atoms with van der Waals surface area (Å²) in [6.07, 6.45) is 0.902. The number of Topliss-reactive ketones (excluding diaryl/α,β-unsaturated/α-hetero) is 1. The number of ether oxygens (including phenoxy) is 4. The lowest BCUT2D eigenvalue weighted by atomic mass is 10.1. The molecule has 0 saturated heterocycles. The van der Waals surface area contributed by atoms with Crippen LogP contribution < -0.4 is 24.3 Å². The van der Waals surface area contributed by atoms with Crippen molar-refractivity contribution in [3.05, 3.63) is 47.5 Å². The normalized spacial score (nSPS) is 11.4. The summed E-state index contributed by atoms with van der Waals surface area (Å²) in [7, 11) is 3.06. The van der Waals surface area contributed by atoms with Gasteiger partial charge >= 0.3 is 0 Å². The Morgan fingerprint density at radius 2 is 1.57 bits per heavy atom. The molecule has 0 heterocycles. The van der Waals surface area contributed by atoms with E-state index in [4.69, 9.17) is 18.9 Å². The third-order valence-corrected chi connectivity index (χ3v) is 4.46. The predicted molar refractivity (Wildman–Crippen MR) is 114 cm³/mol. The Morgan fingerprint density at radius 3 is 2.20 bits per heavy atom. The van der Waals surface area contributed by atoms with Gasteiger partial charge in [0.05, 0.1) is 26.9 Å². The molecule has 0 aliphatic carbocycles. The fourth-order valence-corrected chi connectivity index (χ4v) is 2.80. The van der Waals surface area contributed by atoms with Crippen molar-refractivity contribution in [1.82, 2.24) is 5.32 Å². The van der Waals surface area contributed by atoms with Gasteiger partial charge in [-0.1, -0.05) is 13.0 Å². The van der Waals surface area contributed by atoms with Crippen LogP contribution in [0.2, 0.25) is 0 Å². The first-order chi connectivity index (χ1) is 14.4. The molecule has 2 rings (SSSR count). The molecule has 30 heavy (non-hydrogen) atoms. The number of ketones is 1. The lowest BCUT2D eigenvalue weighted by Crippen LogP contribution is -2.31. The number of amides is 1. The van der Waals surface area contributed by atoms with Crippen LogP contribution in [0.25, 0.3) is 0 Å². The molecule has 0 fully saturated rings. The van der Waals surface area contributed by atoms with Crippen LogP contribution in [-0.2, 0) is 4.79 Å². The minimum atomic E-state index is -0.287. The van der Waals surface area contributed by atoms with Crippen LogP contribution in [0.15, 0.2) is 36.4 Å². The van der Waals surface area contributed by atoms with E-state index in [0.29, 0.717) is 35.2 Å². The predicted octanol–water partition coefficient (Wildman–Crippen LogP) is 3.95. The fraction of sp³-hybridized carbons (Fsp3) is 0.391. The number of carbonyl (C=O) groups is 2. The van der Waals surface area contributed by atoms with Crippen molar-refractivity contribution >= 4 is 11.7 Å². The molecule has 0 aromatic heterocycles. The van der Waals surface area contributed by atoms with Crippen molar-refractivity contribution < 1.29 is 28.5 Å². The maximum absolute atomic E-state index is 12.4. The number of hydrogen-bond acceptors (Lipinski definition) is 6. The number of benzene rings is 2. The summed E-state index contributed by atoms with van der Waals surface area (Å²) in [5, 5.41) is 2.89. The molecule has 1 atom stereocenters. The number of rotatable bonds is 11. The second kappa shape index (κ2) is 11.1. The van der Waals surface area contributed by atoms with Gasteiger partial charge in [0.2, 0.25) is 0 Å². The Balaban J connectivity index is 1.99. The van der Waals surface area contributed by atoms with E-state index >= 15 is 0 Å². The zero-order chi connectivity index (χ0) is 22.1. The highest BCUT2D eigenvalue weighted by Crippen LogP contribution is 2.31. The molecular formula is C23H29NO6. The molecule has 7 heteroatoms. The minimum Gasteiger partial charge on any atom is -0.493 e. The Bertz CT molecular complexity index is 880. The smallest absolute Gasteiger partial charge is 0.258 e. The molecule has 0 spiro atoms. The number of methoxy groups -OCH3 is 2. The van der Waals surface area contributed by atoms with Gasteiger partial charge in [-0.3, -0.25) is 9.59 Å². The van der Waals surface area contributed by atoms with Gasteiger partial charge in [-0.2, -0.15) is 0 Å². The summed E-state index contributed by atoms with van der Waals surface area (Å²) in [4.78, 5) is 23.8. The van der Waals surface area contributed by atoms with E-state index in [-0.39, 0.29) is 24.3 Å². The van der Waals surface area contributed by atoms with Gasteiger partial charge in [-0.25, -0.2) is 0 Å². The minimum absolute atomic E-state index is 0.0760. The van der Waals surface area contributed by atoms with Gasteiger partial charge in [0.1, 0.15) is 0 Å². The second-order valence-electron chi connectivity index (χ2n) is 6.76.